The number of aromatic amines is 1. The summed E-state index contributed by atoms with van der Waals surface area (Å²) in [7, 11) is 3.20. The molecule has 18 heavy (non-hydrogen) atoms. The Balaban J connectivity index is 2.46. The zero-order chi connectivity index (χ0) is 13.0. The Kier molecular flexibility index (Phi) is 3.75. The summed E-state index contributed by atoms with van der Waals surface area (Å²) in [5.41, 5.74) is 4.19. The summed E-state index contributed by atoms with van der Waals surface area (Å²) in [6.07, 6.45) is 1.60. The summed E-state index contributed by atoms with van der Waals surface area (Å²) in [4.78, 5) is 0. The van der Waals surface area contributed by atoms with Crippen LogP contribution in [0.5, 0.6) is 11.5 Å². The minimum atomic E-state index is -0.325. The lowest BCUT2D eigenvalue weighted by atomic mass is 10.0. The minimum Gasteiger partial charge on any atom is -0.497 e. The Bertz CT molecular complexity index is 500. The van der Waals surface area contributed by atoms with E-state index in [-0.39, 0.29) is 6.04 Å². The van der Waals surface area contributed by atoms with Crippen LogP contribution in [0, 0.1) is 0 Å². The van der Waals surface area contributed by atoms with E-state index in [1.165, 1.54) is 0 Å². The number of ether oxygens (including phenoxy) is 2. The average molecular weight is 249 g/mol. The number of nitrogens with zero attached hydrogens (tertiary/aromatic N) is 2. The molecule has 2 rings (SSSR count). The van der Waals surface area contributed by atoms with Crippen molar-refractivity contribution in [2.45, 2.75) is 6.04 Å². The van der Waals surface area contributed by atoms with Crippen molar-refractivity contribution in [3.05, 3.63) is 35.7 Å². The molecule has 0 bridgehead atoms. The Morgan fingerprint density at radius 3 is 2.72 bits per heavy atom. The van der Waals surface area contributed by atoms with Crippen LogP contribution in [-0.2, 0) is 0 Å². The zero-order valence-corrected chi connectivity index (χ0v) is 10.2. The predicted molar refractivity (Wildman–Crippen MR) is 65.1 cm³/mol. The van der Waals surface area contributed by atoms with Gasteiger partial charge < -0.3 is 9.47 Å². The van der Waals surface area contributed by atoms with Gasteiger partial charge in [-0.3, -0.25) is 5.84 Å². The molecule has 0 aliphatic carbocycles. The Labute approximate surface area is 104 Å². The van der Waals surface area contributed by atoms with Crippen molar-refractivity contribution in [3.8, 4) is 11.5 Å². The SMILES string of the molecule is COc1ccc(OC)c(C(NN)c2cn[nH]n2)c1. The average Bonchev–Trinajstić information content (AvgIpc) is 2.93. The van der Waals surface area contributed by atoms with Crippen LogP contribution in [0.4, 0.5) is 0 Å². The van der Waals surface area contributed by atoms with E-state index in [0.29, 0.717) is 11.4 Å². The van der Waals surface area contributed by atoms with Gasteiger partial charge >= 0.3 is 0 Å². The maximum absolute atomic E-state index is 5.58. The first-order valence-corrected chi connectivity index (χ1v) is 5.34. The molecule has 2 aromatic rings. The molecule has 0 aliphatic heterocycles. The second-order valence-corrected chi connectivity index (χ2v) is 3.60. The van der Waals surface area contributed by atoms with E-state index >= 15 is 0 Å². The van der Waals surface area contributed by atoms with Crippen LogP contribution in [0.15, 0.2) is 24.4 Å². The largest absolute Gasteiger partial charge is 0.497 e. The molecule has 0 amide bonds. The van der Waals surface area contributed by atoms with Gasteiger partial charge in [0.15, 0.2) is 0 Å². The van der Waals surface area contributed by atoms with Gasteiger partial charge in [-0.05, 0) is 18.2 Å². The first kappa shape index (κ1) is 12.3. The van der Waals surface area contributed by atoms with E-state index in [1.54, 1.807) is 20.4 Å². The highest BCUT2D eigenvalue weighted by Crippen LogP contribution is 2.31. The van der Waals surface area contributed by atoms with Gasteiger partial charge in [0.25, 0.3) is 0 Å². The molecule has 4 N–H and O–H groups in total. The van der Waals surface area contributed by atoms with E-state index in [0.717, 1.165) is 11.3 Å². The number of hydrogen-bond acceptors (Lipinski definition) is 6. The Hall–Kier alpha value is -2.12. The van der Waals surface area contributed by atoms with Crippen LogP contribution >= 0.6 is 0 Å². The lowest BCUT2D eigenvalue weighted by molar-refractivity contribution is 0.393. The molecule has 7 heteroatoms. The molecule has 0 aliphatic rings. The van der Waals surface area contributed by atoms with Gasteiger partial charge in [-0.2, -0.15) is 15.4 Å². The van der Waals surface area contributed by atoms with E-state index < -0.39 is 0 Å². The van der Waals surface area contributed by atoms with Crippen molar-refractivity contribution in [1.29, 1.82) is 0 Å². The molecule has 1 atom stereocenters. The number of H-pyrrole nitrogens is 1. The van der Waals surface area contributed by atoms with E-state index in [4.69, 9.17) is 15.3 Å². The van der Waals surface area contributed by atoms with Gasteiger partial charge in [-0.25, -0.2) is 5.43 Å². The summed E-state index contributed by atoms with van der Waals surface area (Å²) in [6, 6.07) is 5.16. The van der Waals surface area contributed by atoms with Crippen LogP contribution in [0.3, 0.4) is 0 Å². The lowest BCUT2D eigenvalue weighted by Gasteiger charge is -2.17. The summed E-state index contributed by atoms with van der Waals surface area (Å²) < 4.78 is 10.5. The van der Waals surface area contributed by atoms with Gasteiger partial charge in [0.2, 0.25) is 0 Å². The fourth-order valence-electron chi connectivity index (χ4n) is 1.75. The van der Waals surface area contributed by atoms with E-state index in [9.17, 15) is 0 Å². The summed E-state index contributed by atoms with van der Waals surface area (Å²) in [5, 5.41) is 10.3. The highest BCUT2D eigenvalue weighted by molar-refractivity contribution is 5.44. The zero-order valence-electron chi connectivity index (χ0n) is 10.2. The number of aromatic nitrogens is 3. The van der Waals surface area contributed by atoms with Crippen molar-refractivity contribution in [2.24, 2.45) is 5.84 Å². The molecular formula is C11H15N5O2. The number of methoxy groups -OCH3 is 2. The number of hydrazine groups is 1. The fourth-order valence-corrected chi connectivity index (χ4v) is 1.75. The van der Waals surface area contributed by atoms with Gasteiger partial charge in [-0.1, -0.05) is 0 Å². The summed E-state index contributed by atoms with van der Waals surface area (Å²) in [6.45, 7) is 0. The van der Waals surface area contributed by atoms with Crippen molar-refractivity contribution in [2.75, 3.05) is 14.2 Å². The van der Waals surface area contributed by atoms with E-state index in [1.807, 2.05) is 18.2 Å². The van der Waals surface area contributed by atoms with Crippen molar-refractivity contribution >= 4 is 0 Å². The van der Waals surface area contributed by atoms with Gasteiger partial charge in [0, 0.05) is 5.56 Å². The van der Waals surface area contributed by atoms with Crippen molar-refractivity contribution < 1.29 is 9.47 Å². The molecule has 0 saturated heterocycles. The van der Waals surface area contributed by atoms with Crippen LogP contribution < -0.4 is 20.7 Å². The fraction of sp³-hybridized carbons (Fsp3) is 0.273. The Morgan fingerprint density at radius 1 is 1.33 bits per heavy atom. The number of rotatable bonds is 5. The van der Waals surface area contributed by atoms with Crippen molar-refractivity contribution in [1.82, 2.24) is 20.8 Å². The van der Waals surface area contributed by atoms with Gasteiger partial charge in [0.05, 0.1) is 26.5 Å². The van der Waals surface area contributed by atoms with Crippen LogP contribution in [-0.4, -0.2) is 29.6 Å². The molecule has 1 unspecified atom stereocenters. The molecule has 96 valence electrons. The summed E-state index contributed by atoms with van der Waals surface area (Å²) in [5.74, 6) is 7.00. The molecular weight excluding hydrogens is 234 g/mol. The maximum Gasteiger partial charge on any atom is 0.124 e. The summed E-state index contributed by atoms with van der Waals surface area (Å²) >= 11 is 0. The lowest BCUT2D eigenvalue weighted by Crippen LogP contribution is -2.29. The second kappa shape index (κ2) is 5.48. The Morgan fingerprint density at radius 2 is 2.17 bits per heavy atom. The smallest absolute Gasteiger partial charge is 0.124 e. The molecule has 1 aromatic heterocycles. The van der Waals surface area contributed by atoms with Gasteiger partial charge in [0.1, 0.15) is 17.2 Å². The van der Waals surface area contributed by atoms with Crippen molar-refractivity contribution in [3.63, 3.8) is 0 Å². The third-order valence-corrected chi connectivity index (χ3v) is 2.64. The topological polar surface area (TPSA) is 98.1 Å². The van der Waals surface area contributed by atoms with Crippen LogP contribution in [0.25, 0.3) is 0 Å². The third kappa shape index (κ3) is 2.27. The number of hydrogen-bond donors (Lipinski definition) is 3. The highest BCUT2D eigenvalue weighted by Gasteiger charge is 2.20. The number of nitrogens with two attached hydrogens (primary N) is 1. The molecule has 1 aromatic carbocycles. The number of nitrogens with one attached hydrogen (secondary N) is 2. The number of benzene rings is 1. The molecule has 0 saturated carbocycles. The molecule has 7 nitrogen and oxygen atoms in total. The maximum atomic E-state index is 5.58. The quantitative estimate of drug-likeness (QED) is 0.523. The highest BCUT2D eigenvalue weighted by atomic mass is 16.5. The molecule has 1 heterocycles. The first-order chi connectivity index (χ1) is 8.80. The van der Waals surface area contributed by atoms with Crippen LogP contribution in [0.2, 0.25) is 0 Å². The van der Waals surface area contributed by atoms with Crippen LogP contribution in [0.1, 0.15) is 17.3 Å². The standard InChI is InChI=1S/C11H15N5O2/c1-17-7-3-4-10(18-2)8(5-7)11(14-12)9-6-13-16-15-9/h3-6,11,14H,12H2,1-2H3,(H,13,15,16). The first-order valence-electron chi connectivity index (χ1n) is 5.34. The van der Waals surface area contributed by atoms with Gasteiger partial charge in [-0.15, -0.1) is 0 Å². The second-order valence-electron chi connectivity index (χ2n) is 3.60. The predicted octanol–water partition coefficient (Wildman–Crippen LogP) is 0.375. The molecule has 0 spiro atoms. The molecule has 0 radical (unpaired) electrons. The monoisotopic (exact) mass is 249 g/mol. The van der Waals surface area contributed by atoms with E-state index in [2.05, 4.69) is 20.8 Å². The minimum absolute atomic E-state index is 0.325. The third-order valence-electron chi connectivity index (χ3n) is 2.64. The normalized spacial score (nSPS) is 12.2. The molecule has 0 fully saturated rings.